The monoisotopic (exact) mass is 268 g/mol. The van der Waals surface area contributed by atoms with Gasteiger partial charge in [-0.05, 0) is 38.5 Å². The van der Waals surface area contributed by atoms with E-state index < -0.39 is 0 Å². The zero-order valence-electron chi connectivity index (χ0n) is 12.2. The van der Waals surface area contributed by atoms with E-state index in [4.69, 9.17) is 0 Å². The lowest BCUT2D eigenvalue weighted by Crippen LogP contribution is -2.11. The van der Waals surface area contributed by atoms with Gasteiger partial charge in [0.15, 0.2) is 5.78 Å². The molecule has 0 aliphatic rings. The summed E-state index contributed by atoms with van der Waals surface area (Å²) in [5, 5.41) is 3.24. The number of nitrogens with one attached hydrogen (secondary N) is 1. The minimum absolute atomic E-state index is 0.0137. The molecule has 0 radical (unpaired) electrons. The van der Waals surface area contributed by atoms with Gasteiger partial charge >= 0.3 is 0 Å². The highest BCUT2D eigenvalue weighted by molar-refractivity contribution is 6.11. The van der Waals surface area contributed by atoms with Gasteiger partial charge in [-0.1, -0.05) is 30.7 Å². The standard InChI is InChI=1S/C17H20N2O/c1-4-10-18-17-15(9-8-13(3)19-17)16(20)14-7-5-6-12(2)11-14/h5-9,11H,4,10H2,1-3H3,(H,18,19). The normalized spacial score (nSPS) is 10.3. The van der Waals surface area contributed by atoms with Crippen LogP contribution in [-0.4, -0.2) is 17.3 Å². The van der Waals surface area contributed by atoms with E-state index in [9.17, 15) is 4.79 Å². The Balaban J connectivity index is 2.38. The highest BCUT2D eigenvalue weighted by Crippen LogP contribution is 2.19. The summed E-state index contributed by atoms with van der Waals surface area (Å²) < 4.78 is 0. The Bertz CT molecular complexity index is 620. The summed E-state index contributed by atoms with van der Waals surface area (Å²) in [5.41, 5.74) is 3.33. The molecule has 0 amide bonds. The topological polar surface area (TPSA) is 42.0 Å². The predicted molar refractivity (Wildman–Crippen MR) is 82.4 cm³/mol. The number of hydrogen-bond donors (Lipinski definition) is 1. The smallest absolute Gasteiger partial charge is 0.196 e. The first-order valence-corrected chi connectivity index (χ1v) is 6.94. The van der Waals surface area contributed by atoms with E-state index in [1.807, 2.05) is 50.2 Å². The van der Waals surface area contributed by atoms with Crippen LogP contribution in [-0.2, 0) is 0 Å². The van der Waals surface area contributed by atoms with Crippen LogP contribution in [0.15, 0.2) is 36.4 Å². The third-order valence-electron chi connectivity index (χ3n) is 3.10. The van der Waals surface area contributed by atoms with Gasteiger partial charge in [0.2, 0.25) is 0 Å². The van der Waals surface area contributed by atoms with Crippen LogP contribution in [0.2, 0.25) is 0 Å². The molecule has 0 atom stereocenters. The van der Waals surface area contributed by atoms with Gasteiger partial charge in [0, 0.05) is 17.8 Å². The summed E-state index contributed by atoms with van der Waals surface area (Å²) in [5.74, 6) is 0.693. The van der Waals surface area contributed by atoms with Gasteiger partial charge in [0.1, 0.15) is 5.82 Å². The fourth-order valence-electron chi connectivity index (χ4n) is 2.06. The first kappa shape index (κ1) is 14.3. The lowest BCUT2D eigenvalue weighted by molar-refractivity contribution is 0.103. The molecule has 2 rings (SSSR count). The average molecular weight is 268 g/mol. The van der Waals surface area contributed by atoms with Gasteiger partial charge in [-0.25, -0.2) is 4.98 Å². The van der Waals surface area contributed by atoms with Crippen molar-refractivity contribution in [3.05, 3.63) is 58.8 Å². The van der Waals surface area contributed by atoms with Gasteiger partial charge in [-0.2, -0.15) is 0 Å². The van der Waals surface area contributed by atoms with Crippen LogP contribution >= 0.6 is 0 Å². The maximum absolute atomic E-state index is 12.6. The van der Waals surface area contributed by atoms with Crippen LogP contribution in [0.25, 0.3) is 0 Å². The lowest BCUT2D eigenvalue weighted by Gasteiger charge is -2.11. The van der Waals surface area contributed by atoms with E-state index in [2.05, 4.69) is 17.2 Å². The van der Waals surface area contributed by atoms with Gasteiger partial charge in [-0.15, -0.1) is 0 Å². The van der Waals surface area contributed by atoms with Crippen molar-refractivity contribution in [3.8, 4) is 0 Å². The molecule has 0 unspecified atom stereocenters. The highest BCUT2D eigenvalue weighted by Gasteiger charge is 2.14. The van der Waals surface area contributed by atoms with Crippen molar-refractivity contribution in [1.82, 2.24) is 4.98 Å². The van der Waals surface area contributed by atoms with E-state index >= 15 is 0 Å². The van der Waals surface area contributed by atoms with Crippen molar-refractivity contribution < 1.29 is 4.79 Å². The second kappa shape index (κ2) is 6.33. The Morgan fingerprint density at radius 1 is 1.20 bits per heavy atom. The number of anilines is 1. The van der Waals surface area contributed by atoms with E-state index in [1.165, 1.54) is 0 Å². The molecule has 104 valence electrons. The number of pyridine rings is 1. The number of carbonyl (C=O) groups excluding carboxylic acids is 1. The molecule has 0 spiro atoms. The van der Waals surface area contributed by atoms with Gasteiger partial charge < -0.3 is 5.32 Å². The van der Waals surface area contributed by atoms with Crippen molar-refractivity contribution in [2.75, 3.05) is 11.9 Å². The molecule has 0 aliphatic heterocycles. The minimum atomic E-state index is 0.0137. The maximum atomic E-state index is 12.6. The molecule has 1 N–H and O–H groups in total. The summed E-state index contributed by atoms with van der Waals surface area (Å²) in [6.07, 6.45) is 0.994. The summed E-state index contributed by atoms with van der Waals surface area (Å²) in [4.78, 5) is 17.1. The van der Waals surface area contributed by atoms with Crippen molar-refractivity contribution in [2.45, 2.75) is 27.2 Å². The number of ketones is 1. The molecule has 3 heteroatoms. The van der Waals surface area contributed by atoms with Gasteiger partial charge in [0.05, 0.1) is 5.56 Å². The molecule has 1 heterocycles. The number of aryl methyl sites for hydroxylation is 2. The Kier molecular flexibility index (Phi) is 4.51. The summed E-state index contributed by atoms with van der Waals surface area (Å²) in [7, 11) is 0. The molecule has 1 aromatic carbocycles. The fraction of sp³-hybridized carbons (Fsp3) is 0.294. The Labute approximate surface area is 120 Å². The van der Waals surface area contributed by atoms with Crippen molar-refractivity contribution in [3.63, 3.8) is 0 Å². The SMILES string of the molecule is CCCNc1nc(C)ccc1C(=O)c1cccc(C)c1. The van der Waals surface area contributed by atoms with Crippen LogP contribution in [0.3, 0.4) is 0 Å². The number of benzene rings is 1. The number of nitrogens with zero attached hydrogens (tertiary/aromatic N) is 1. The van der Waals surface area contributed by atoms with Crippen LogP contribution in [0, 0.1) is 13.8 Å². The van der Waals surface area contributed by atoms with E-state index in [0.717, 1.165) is 24.2 Å². The predicted octanol–water partition coefficient (Wildman–Crippen LogP) is 3.75. The third-order valence-corrected chi connectivity index (χ3v) is 3.10. The van der Waals surface area contributed by atoms with Crippen molar-refractivity contribution >= 4 is 11.6 Å². The number of hydrogen-bond acceptors (Lipinski definition) is 3. The Morgan fingerprint density at radius 3 is 2.70 bits per heavy atom. The highest BCUT2D eigenvalue weighted by atomic mass is 16.1. The number of rotatable bonds is 5. The van der Waals surface area contributed by atoms with E-state index in [0.29, 0.717) is 16.9 Å². The molecule has 0 aliphatic carbocycles. The average Bonchev–Trinajstić information content (AvgIpc) is 2.44. The minimum Gasteiger partial charge on any atom is -0.369 e. The Hall–Kier alpha value is -2.16. The van der Waals surface area contributed by atoms with Crippen molar-refractivity contribution in [1.29, 1.82) is 0 Å². The molecule has 0 bridgehead atoms. The first-order chi connectivity index (χ1) is 9.61. The number of aromatic nitrogens is 1. The first-order valence-electron chi connectivity index (χ1n) is 6.94. The van der Waals surface area contributed by atoms with Crippen molar-refractivity contribution in [2.24, 2.45) is 0 Å². The lowest BCUT2D eigenvalue weighted by atomic mass is 10.0. The zero-order valence-corrected chi connectivity index (χ0v) is 12.2. The molecule has 0 saturated carbocycles. The maximum Gasteiger partial charge on any atom is 0.196 e. The summed E-state index contributed by atoms with van der Waals surface area (Å²) in [6.45, 7) is 6.81. The largest absolute Gasteiger partial charge is 0.369 e. The molecule has 1 aromatic heterocycles. The third kappa shape index (κ3) is 3.23. The second-order valence-electron chi connectivity index (χ2n) is 4.97. The molecular weight excluding hydrogens is 248 g/mol. The molecule has 2 aromatic rings. The molecule has 0 saturated heterocycles. The molecule has 0 fully saturated rings. The zero-order chi connectivity index (χ0) is 14.5. The van der Waals surface area contributed by atoms with Gasteiger partial charge in [0.25, 0.3) is 0 Å². The van der Waals surface area contributed by atoms with Crippen LogP contribution in [0.5, 0.6) is 0 Å². The number of carbonyl (C=O) groups is 1. The quantitative estimate of drug-likeness (QED) is 0.840. The summed E-state index contributed by atoms with van der Waals surface area (Å²) in [6, 6.07) is 11.4. The molecular formula is C17H20N2O. The van der Waals surface area contributed by atoms with Crippen LogP contribution in [0.1, 0.15) is 40.5 Å². The van der Waals surface area contributed by atoms with Gasteiger partial charge in [-0.3, -0.25) is 4.79 Å². The fourth-order valence-corrected chi connectivity index (χ4v) is 2.06. The molecule has 3 nitrogen and oxygen atoms in total. The second-order valence-corrected chi connectivity index (χ2v) is 4.97. The molecule has 20 heavy (non-hydrogen) atoms. The Morgan fingerprint density at radius 2 is 2.00 bits per heavy atom. The van der Waals surface area contributed by atoms with E-state index in [-0.39, 0.29) is 5.78 Å². The van der Waals surface area contributed by atoms with E-state index in [1.54, 1.807) is 0 Å². The van der Waals surface area contributed by atoms with Crippen LogP contribution < -0.4 is 5.32 Å². The van der Waals surface area contributed by atoms with Crippen LogP contribution in [0.4, 0.5) is 5.82 Å². The summed E-state index contributed by atoms with van der Waals surface area (Å²) >= 11 is 0.